The van der Waals surface area contributed by atoms with Crippen LogP contribution in [0.15, 0.2) is 18.2 Å². The van der Waals surface area contributed by atoms with Gasteiger partial charge in [0, 0.05) is 12.1 Å². The first-order valence-corrected chi connectivity index (χ1v) is 6.50. The molecule has 0 spiro atoms. The van der Waals surface area contributed by atoms with Crippen LogP contribution in [0.5, 0.6) is 5.75 Å². The highest BCUT2D eigenvalue weighted by Crippen LogP contribution is 2.40. The molecule has 0 amide bonds. The molecule has 0 radical (unpaired) electrons. The Bertz CT molecular complexity index is 433. The summed E-state index contributed by atoms with van der Waals surface area (Å²) in [5.41, 5.74) is 0.873. The third-order valence-corrected chi connectivity index (χ3v) is 3.16. The van der Waals surface area contributed by atoms with Crippen LogP contribution in [-0.2, 0) is 0 Å². The average Bonchev–Trinajstić information content (AvgIpc) is 3.01. The lowest BCUT2D eigenvalue weighted by Crippen LogP contribution is -2.43. The number of hydrogen-bond acceptors (Lipinski definition) is 2. The van der Waals surface area contributed by atoms with Crippen LogP contribution in [0.25, 0.3) is 0 Å². The average molecular weight is 251 g/mol. The van der Waals surface area contributed by atoms with E-state index in [2.05, 4.69) is 26.1 Å². The Balaban J connectivity index is 2.02. The quantitative estimate of drug-likeness (QED) is 0.885. The Morgan fingerprint density at radius 2 is 2.00 bits per heavy atom. The smallest absolute Gasteiger partial charge is 0.165 e. The summed E-state index contributed by atoms with van der Waals surface area (Å²) in [6, 6.07) is 5.00. The zero-order chi connectivity index (χ0) is 13.4. The van der Waals surface area contributed by atoms with Gasteiger partial charge >= 0.3 is 0 Å². The molecule has 0 atom stereocenters. The van der Waals surface area contributed by atoms with Gasteiger partial charge in [0.25, 0.3) is 0 Å². The summed E-state index contributed by atoms with van der Waals surface area (Å²) in [6.07, 6.45) is 1.98. The molecule has 1 fully saturated rings. The van der Waals surface area contributed by atoms with Crippen LogP contribution in [0.4, 0.5) is 4.39 Å². The standard InChI is InChI=1S/C15H22FNO/c1-11-5-6-12(16)13(9-11)18-15(7-8-15)10-17-14(2,3)4/h5-6,9,17H,7-8,10H2,1-4H3. The van der Waals surface area contributed by atoms with Gasteiger partial charge in [0.15, 0.2) is 11.6 Å². The van der Waals surface area contributed by atoms with Crippen molar-refractivity contribution in [3.63, 3.8) is 0 Å². The van der Waals surface area contributed by atoms with Crippen LogP contribution in [0, 0.1) is 12.7 Å². The number of aryl methyl sites for hydroxylation is 1. The molecule has 1 aromatic rings. The minimum atomic E-state index is -0.275. The van der Waals surface area contributed by atoms with E-state index in [4.69, 9.17) is 4.74 Å². The summed E-state index contributed by atoms with van der Waals surface area (Å²) in [5, 5.41) is 3.43. The molecule has 0 aromatic heterocycles. The van der Waals surface area contributed by atoms with Crippen LogP contribution in [0.2, 0.25) is 0 Å². The molecule has 0 saturated heterocycles. The van der Waals surface area contributed by atoms with Gasteiger partial charge in [0.05, 0.1) is 0 Å². The number of hydrogen-bond donors (Lipinski definition) is 1. The van der Waals surface area contributed by atoms with E-state index in [1.54, 1.807) is 12.1 Å². The Labute approximate surface area is 109 Å². The maximum atomic E-state index is 13.7. The van der Waals surface area contributed by atoms with Gasteiger partial charge in [-0.3, -0.25) is 0 Å². The van der Waals surface area contributed by atoms with E-state index in [1.807, 2.05) is 6.92 Å². The van der Waals surface area contributed by atoms with Crippen molar-refractivity contribution in [1.29, 1.82) is 0 Å². The van der Waals surface area contributed by atoms with Crippen molar-refractivity contribution in [2.45, 2.75) is 51.7 Å². The third-order valence-electron chi connectivity index (χ3n) is 3.16. The van der Waals surface area contributed by atoms with Gasteiger partial charge < -0.3 is 10.1 Å². The fourth-order valence-corrected chi connectivity index (χ4v) is 1.80. The van der Waals surface area contributed by atoms with Crippen molar-refractivity contribution < 1.29 is 9.13 Å². The first kappa shape index (κ1) is 13.3. The van der Waals surface area contributed by atoms with Crippen molar-refractivity contribution in [2.75, 3.05) is 6.54 Å². The van der Waals surface area contributed by atoms with Gasteiger partial charge in [-0.25, -0.2) is 4.39 Å². The van der Waals surface area contributed by atoms with Gasteiger partial charge in [-0.2, -0.15) is 0 Å². The van der Waals surface area contributed by atoms with Crippen LogP contribution in [-0.4, -0.2) is 17.7 Å². The highest BCUT2D eigenvalue weighted by molar-refractivity contribution is 5.31. The first-order chi connectivity index (χ1) is 8.30. The summed E-state index contributed by atoms with van der Waals surface area (Å²) in [6.45, 7) is 9.08. The highest BCUT2D eigenvalue weighted by Gasteiger charge is 2.46. The Hall–Kier alpha value is -1.09. The molecule has 2 rings (SSSR count). The van der Waals surface area contributed by atoms with Gasteiger partial charge in [-0.1, -0.05) is 6.07 Å². The number of rotatable bonds is 4. The number of halogens is 1. The normalized spacial score (nSPS) is 17.6. The molecule has 1 aliphatic rings. The highest BCUT2D eigenvalue weighted by atomic mass is 19.1. The van der Waals surface area contributed by atoms with Crippen molar-refractivity contribution in [3.05, 3.63) is 29.6 Å². The molecular weight excluding hydrogens is 229 g/mol. The molecule has 1 saturated carbocycles. The Morgan fingerprint density at radius 3 is 2.56 bits per heavy atom. The summed E-state index contributed by atoms with van der Waals surface area (Å²) in [5.74, 6) is 0.103. The summed E-state index contributed by atoms with van der Waals surface area (Å²) in [7, 11) is 0. The van der Waals surface area contributed by atoms with Crippen molar-refractivity contribution in [2.24, 2.45) is 0 Å². The largest absolute Gasteiger partial charge is 0.483 e. The minimum Gasteiger partial charge on any atom is -0.483 e. The molecule has 1 N–H and O–H groups in total. The van der Waals surface area contributed by atoms with Gasteiger partial charge in [0.2, 0.25) is 0 Å². The number of benzene rings is 1. The van der Waals surface area contributed by atoms with Gasteiger partial charge in [-0.15, -0.1) is 0 Å². The lowest BCUT2D eigenvalue weighted by molar-refractivity contribution is 0.157. The molecule has 0 unspecified atom stereocenters. The molecule has 100 valence electrons. The van der Waals surface area contributed by atoms with Crippen LogP contribution in [0.1, 0.15) is 39.2 Å². The fourth-order valence-electron chi connectivity index (χ4n) is 1.80. The van der Waals surface area contributed by atoms with Gasteiger partial charge in [0.1, 0.15) is 5.60 Å². The van der Waals surface area contributed by atoms with Crippen LogP contribution >= 0.6 is 0 Å². The lowest BCUT2D eigenvalue weighted by Gasteiger charge is -2.26. The molecule has 1 aliphatic carbocycles. The van der Waals surface area contributed by atoms with E-state index in [-0.39, 0.29) is 17.0 Å². The second-order valence-electron chi connectivity index (χ2n) is 6.32. The van der Waals surface area contributed by atoms with Crippen molar-refractivity contribution >= 4 is 0 Å². The van der Waals surface area contributed by atoms with Gasteiger partial charge in [-0.05, 0) is 58.2 Å². The van der Waals surface area contributed by atoms with E-state index >= 15 is 0 Å². The second-order valence-corrected chi connectivity index (χ2v) is 6.32. The lowest BCUT2D eigenvalue weighted by atomic mass is 10.1. The molecule has 3 heteroatoms. The first-order valence-electron chi connectivity index (χ1n) is 6.50. The van der Waals surface area contributed by atoms with Crippen LogP contribution in [0.3, 0.4) is 0 Å². The maximum Gasteiger partial charge on any atom is 0.165 e. The second kappa shape index (κ2) is 4.54. The molecule has 1 aromatic carbocycles. The summed E-state index contributed by atoms with van der Waals surface area (Å²) >= 11 is 0. The number of ether oxygens (including phenoxy) is 1. The van der Waals surface area contributed by atoms with Crippen molar-refractivity contribution in [3.8, 4) is 5.75 Å². The Morgan fingerprint density at radius 1 is 1.33 bits per heavy atom. The Kier molecular flexibility index (Phi) is 3.37. The molecule has 0 aliphatic heterocycles. The fraction of sp³-hybridized carbons (Fsp3) is 0.600. The maximum absolute atomic E-state index is 13.7. The zero-order valence-electron chi connectivity index (χ0n) is 11.6. The third kappa shape index (κ3) is 3.45. The van der Waals surface area contributed by atoms with Crippen molar-refractivity contribution in [1.82, 2.24) is 5.32 Å². The monoisotopic (exact) mass is 251 g/mol. The topological polar surface area (TPSA) is 21.3 Å². The SMILES string of the molecule is Cc1ccc(F)c(OC2(CNC(C)(C)C)CC2)c1. The summed E-state index contributed by atoms with van der Waals surface area (Å²) in [4.78, 5) is 0. The minimum absolute atomic E-state index is 0.0596. The molecule has 2 nitrogen and oxygen atoms in total. The molecular formula is C15H22FNO. The van der Waals surface area contributed by atoms with E-state index < -0.39 is 0 Å². The molecule has 0 bridgehead atoms. The molecule has 18 heavy (non-hydrogen) atoms. The zero-order valence-corrected chi connectivity index (χ0v) is 11.6. The number of nitrogens with one attached hydrogen (secondary N) is 1. The summed E-state index contributed by atoms with van der Waals surface area (Å²) < 4.78 is 19.5. The van der Waals surface area contributed by atoms with E-state index in [0.29, 0.717) is 5.75 Å². The van der Waals surface area contributed by atoms with E-state index in [1.165, 1.54) is 6.07 Å². The molecule has 0 heterocycles. The van der Waals surface area contributed by atoms with E-state index in [9.17, 15) is 4.39 Å². The predicted molar refractivity (Wildman–Crippen MR) is 71.5 cm³/mol. The predicted octanol–water partition coefficient (Wildman–Crippen LogP) is 3.43. The van der Waals surface area contributed by atoms with Crippen LogP contribution < -0.4 is 10.1 Å². The van der Waals surface area contributed by atoms with E-state index in [0.717, 1.165) is 24.9 Å².